The van der Waals surface area contributed by atoms with E-state index < -0.39 is 34.2 Å². The lowest BCUT2D eigenvalue weighted by atomic mass is 10.1. The second kappa shape index (κ2) is 11.4. The number of carbonyl (C=O) groups excluding carboxylic acids is 2. The van der Waals surface area contributed by atoms with Crippen molar-refractivity contribution in [1.29, 1.82) is 0 Å². The Balaban J connectivity index is 1.74. The topological polar surface area (TPSA) is 131 Å². The maximum atomic E-state index is 12.8. The summed E-state index contributed by atoms with van der Waals surface area (Å²) in [6.45, 7) is 7.27. The Kier molecular flexibility index (Phi) is 8.30. The van der Waals surface area contributed by atoms with Crippen molar-refractivity contribution in [2.24, 2.45) is 0 Å². The van der Waals surface area contributed by atoms with E-state index in [4.69, 9.17) is 9.47 Å². The number of esters is 2. The van der Waals surface area contributed by atoms with Crippen LogP contribution in [0.4, 0.5) is 0 Å². The Labute approximate surface area is 199 Å². The molecule has 0 atom stereocenters. The number of fused-ring (bicyclic) bond motifs is 2. The molecule has 184 valence electrons. The van der Waals surface area contributed by atoms with Crippen LogP contribution in [0.25, 0.3) is 21.5 Å². The molecule has 3 aromatic rings. The first kappa shape index (κ1) is 25.5. The highest BCUT2D eigenvalue weighted by Gasteiger charge is 2.19. The fraction of sp³-hybridized carbons (Fsp3) is 0.360. The number of nitrogens with zero attached hydrogens (tertiary/aromatic N) is 2. The Morgan fingerprint density at radius 1 is 0.629 bits per heavy atom. The van der Waals surface area contributed by atoms with E-state index in [0.717, 1.165) is 21.3 Å². The molecule has 10 heteroatoms. The van der Waals surface area contributed by atoms with Gasteiger partial charge in [0.1, 0.15) is 0 Å². The molecule has 0 N–H and O–H groups in total. The Morgan fingerprint density at radius 2 is 0.971 bits per heavy atom. The summed E-state index contributed by atoms with van der Waals surface area (Å²) in [5, 5.41) is 0.402. The summed E-state index contributed by atoms with van der Waals surface area (Å²) >= 11 is 0. The van der Waals surface area contributed by atoms with Gasteiger partial charge in [0.25, 0.3) is 22.2 Å². The molecule has 0 spiro atoms. The van der Waals surface area contributed by atoms with Crippen molar-refractivity contribution in [3.8, 4) is 0 Å². The van der Waals surface area contributed by atoms with Crippen LogP contribution >= 0.6 is 0 Å². The number of benzene rings is 1. The van der Waals surface area contributed by atoms with Crippen LogP contribution in [0.1, 0.15) is 32.1 Å². The van der Waals surface area contributed by atoms with Gasteiger partial charge in [-0.2, -0.15) is 0 Å². The Bertz CT molecular complexity index is 1410. The van der Waals surface area contributed by atoms with Gasteiger partial charge in [-0.05, 0) is 44.2 Å². The van der Waals surface area contributed by atoms with E-state index in [1.807, 2.05) is 0 Å². The van der Waals surface area contributed by atoms with E-state index in [-0.39, 0.29) is 47.8 Å². The van der Waals surface area contributed by atoms with Crippen molar-refractivity contribution in [3.63, 3.8) is 0 Å². The van der Waals surface area contributed by atoms with Crippen LogP contribution in [0.5, 0.6) is 0 Å². The van der Waals surface area contributed by atoms with Crippen LogP contribution < -0.4 is 22.2 Å². The lowest BCUT2D eigenvalue weighted by Crippen LogP contribution is -2.26. The zero-order valence-corrected chi connectivity index (χ0v) is 19.2. The van der Waals surface area contributed by atoms with Gasteiger partial charge < -0.3 is 9.47 Å². The van der Waals surface area contributed by atoms with Gasteiger partial charge in [0, 0.05) is 25.2 Å². The molecule has 0 amide bonds. The fourth-order valence-electron chi connectivity index (χ4n) is 3.86. The summed E-state index contributed by atoms with van der Waals surface area (Å²) in [6.07, 6.45) is 4.73. The maximum Gasteiger partial charge on any atom is 0.330 e. The van der Waals surface area contributed by atoms with Gasteiger partial charge in [-0.1, -0.05) is 13.2 Å². The number of carbonyl (C=O) groups is 2. The Morgan fingerprint density at radius 3 is 1.34 bits per heavy atom. The largest absolute Gasteiger partial charge is 0.463 e. The normalized spacial score (nSPS) is 11.1. The molecule has 0 aliphatic rings. The van der Waals surface area contributed by atoms with Crippen LogP contribution in [0, 0.1) is 0 Å². The predicted molar refractivity (Wildman–Crippen MR) is 130 cm³/mol. The number of unbranched alkanes of at least 4 members (excludes halogenated alkanes) is 3. The third-order valence-corrected chi connectivity index (χ3v) is 5.68. The first-order chi connectivity index (χ1) is 16.8. The molecule has 0 bridgehead atoms. The minimum atomic E-state index is -0.544. The smallest absolute Gasteiger partial charge is 0.330 e. The van der Waals surface area contributed by atoms with Crippen molar-refractivity contribution >= 4 is 33.5 Å². The number of aromatic nitrogens is 2. The molecule has 0 unspecified atom stereocenters. The number of hydrogen-bond acceptors (Lipinski definition) is 8. The van der Waals surface area contributed by atoms with Crippen molar-refractivity contribution in [1.82, 2.24) is 9.13 Å². The summed E-state index contributed by atoms with van der Waals surface area (Å²) in [6, 6.07) is 2.65. The molecule has 0 saturated carbocycles. The van der Waals surface area contributed by atoms with Gasteiger partial charge in [0.05, 0.1) is 34.8 Å². The molecule has 0 aliphatic heterocycles. The van der Waals surface area contributed by atoms with E-state index in [2.05, 4.69) is 13.2 Å². The Hall–Kier alpha value is -4.08. The second-order valence-corrected chi connectivity index (χ2v) is 7.98. The highest BCUT2D eigenvalue weighted by atomic mass is 16.5. The summed E-state index contributed by atoms with van der Waals surface area (Å²) in [7, 11) is 0. The average Bonchev–Trinajstić information content (AvgIpc) is 3.23. The minimum Gasteiger partial charge on any atom is -0.463 e. The molecule has 3 rings (SSSR count). The van der Waals surface area contributed by atoms with Crippen molar-refractivity contribution in [2.75, 3.05) is 13.2 Å². The zero-order valence-electron chi connectivity index (χ0n) is 19.2. The van der Waals surface area contributed by atoms with Crippen LogP contribution in [0.3, 0.4) is 0 Å². The second-order valence-electron chi connectivity index (χ2n) is 7.98. The number of ether oxygens (including phenoxy) is 2. The van der Waals surface area contributed by atoms with E-state index in [1.54, 1.807) is 0 Å². The third-order valence-electron chi connectivity index (χ3n) is 5.68. The van der Waals surface area contributed by atoms with E-state index in [9.17, 15) is 28.8 Å². The van der Waals surface area contributed by atoms with Crippen LogP contribution in [0.2, 0.25) is 0 Å². The summed E-state index contributed by atoms with van der Waals surface area (Å²) in [5.74, 6) is -1.05. The summed E-state index contributed by atoms with van der Waals surface area (Å²) < 4.78 is 11.9. The lowest BCUT2D eigenvalue weighted by Gasteiger charge is -2.02. The highest BCUT2D eigenvalue weighted by molar-refractivity contribution is 5.97. The van der Waals surface area contributed by atoms with E-state index >= 15 is 0 Å². The van der Waals surface area contributed by atoms with E-state index in [1.165, 1.54) is 12.1 Å². The number of hydrogen-bond donors (Lipinski definition) is 0. The van der Waals surface area contributed by atoms with Crippen LogP contribution in [-0.2, 0) is 32.2 Å². The van der Waals surface area contributed by atoms with E-state index in [0.29, 0.717) is 32.1 Å². The van der Waals surface area contributed by atoms with Gasteiger partial charge in [0.15, 0.2) is 0 Å². The van der Waals surface area contributed by atoms with Gasteiger partial charge in [-0.25, -0.2) is 9.59 Å². The molecule has 0 aliphatic carbocycles. The SMILES string of the molecule is C=CC(=O)OCCCCCn1c(=O)c2cc3c(=O)n(CCCCOC(=O)C=C)c(=O)c3cc2c1=O. The van der Waals surface area contributed by atoms with Gasteiger partial charge in [-0.3, -0.25) is 28.3 Å². The van der Waals surface area contributed by atoms with Gasteiger partial charge in [-0.15, -0.1) is 0 Å². The van der Waals surface area contributed by atoms with Crippen molar-refractivity contribution in [2.45, 2.75) is 45.2 Å². The minimum absolute atomic E-state index is 0.0962. The molecule has 0 saturated heterocycles. The molecule has 2 heterocycles. The maximum absolute atomic E-state index is 12.8. The third kappa shape index (κ3) is 5.53. The monoisotopic (exact) mass is 482 g/mol. The molecule has 0 radical (unpaired) electrons. The zero-order chi connectivity index (χ0) is 25.5. The molecular formula is C25H26N2O8. The molecule has 2 aromatic heterocycles. The standard InChI is InChI=1S/C25H26N2O8/c1-3-20(28)34-12-8-5-6-10-26-22(30)16-14-18-19(15-17(16)23(26)31)25(33)27(24(18)32)11-7-9-13-35-21(29)4-2/h3-4,14-15H,1-2,5-13H2. The first-order valence-corrected chi connectivity index (χ1v) is 11.3. The summed E-state index contributed by atoms with van der Waals surface area (Å²) in [4.78, 5) is 73.3. The fourth-order valence-corrected chi connectivity index (χ4v) is 3.86. The molecule has 0 fully saturated rings. The molecule has 35 heavy (non-hydrogen) atoms. The van der Waals surface area contributed by atoms with Crippen molar-refractivity contribution in [3.05, 3.63) is 78.9 Å². The first-order valence-electron chi connectivity index (χ1n) is 11.3. The molecular weight excluding hydrogens is 456 g/mol. The quantitative estimate of drug-likeness (QED) is 0.203. The predicted octanol–water partition coefficient (Wildman–Crippen LogP) is 1.32. The van der Waals surface area contributed by atoms with Crippen molar-refractivity contribution < 1.29 is 19.1 Å². The molecule has 1 aromatic carbocycles. The summed E-state index contributed by atoms with van der Waals surface area (Å²) in [5.41, 5.74) is -2.06. The lowest BCUT2D eigenvalue weighted by molar-refractivity contribution is -0.138. The van der Waals surface area contributed by atoms with Crippen LogP contribution in [-0.4, -0.2) is 34.3 Å². The molecule has 10 nitrogen and oxygen atoms in total. The van der Waals surface area contributed by atoms with Gasteiger partial charge in [0.2, 0.25) is 0 Å². The average molecular weight is 482 g/mol. The number of rotatable bonds is 13. The highest BCUT2D eigenvalue weighted by Crippen LogP contribution is 2.15. The van der Waals surface area contributed by atoms with Gasteiger partial charge >= 0.3 is 11.9 Å². The van der Waals surface area contributed by atoms with Crippen LogP contribution in [0.15, 0.2) is 56.6 Å².